The average molecular weight is 442 g/mol. The standard InChI is InChI=1S/C23H25ClFN5O/c24-21-6-5-19(30-15-17(25)13-22(30)23(31)28-8-7-26)14-20(21)16-1-3-18(4-2-16)29-11-9-27-10-12-29/h1-6,14,17,22,27H,8-13,15H2,(H,28,31)/t17-,22-/m0/s1. The second kappa shape index (κ2) is 9.54. The van der Waals surface area contributed by atoms with Gasteiger partial charge in [0.15, 0.2) is 0 Å². The summed E-state index contributed by atoms with van der Waals surface area (Å²) in [5.74, 6) is -0.335. The van der Waals surface area contributed by atoms with Gasteiger partial charge in [-0.3, -0.25) is 4.79 Å². The van der Waals surface area contributed by atoms with E-state index in [-0.39, 0.29) is 25.4 Å². The molecule has 2 aromatic carbocycles. The van der Waals surface area contributed by atoms with Crippen molar-refractivity contribution >= 4 is 28.9 Å². The van der Waals surface area contributed by atoms with Crippen LogP contribution >= 0.6 is 11.6 Å². The molecule has 2 N–H and O–H groups in total. The van der Waals surface area contributed by atoms with E-state index in [1.165, 1.54) is 5.69 Å². The molecule has 0 aromatic heterocycles. The average Bonchev–Trinajstić information content (AvgIpc) is 3.20. The van der Waals surface area contributed by atoms with Gasteiger partial charge >= 0.3 is 0 Å². The third kappa shape index (κ3) is 4.76. The quantitative estimate of drug-likeness (QED) is 0.698. The van der Waals surface area contributed by atoms with Crippen LogP contribution in [0, 0.1) is 11.3 Å². The Bertz CT molecular complexity index is 971. The highest BCUT2D eigenvalue weighted by molar-refractivity contribution is 6.33. The zero-order valence-corrected chi connectivity index (χ0v) is 17.9. The molecule has 1 amide bonds. The van der Waals surface area contributed by atoms with Crippen LogP contribution < -0.4 is 20.4 Å². The number of nitriles is 1. The first-order valence-electron chi connectivity index (χ1n) is 10.5. The highest BCUT2D eigenvalue weighted by Crippen LogP contribution is 2.36. The second-order valence-corrected chi connectivity index (χ2v) is 8.23. The minimum Gasteiger partial charge on any atom is -0.369 e. The summed E-state index contributed by atoms with van der Waals surface area (Å²) in [6.07, 6.45) is -0.996. The molecule has 31 heavy (non-hydrogen) atoms. The molecule has 8 heteroatoms. The smallest absolute Gasteiger partial charge is 0.243 e. The van der Waals surface area contributed by atoms with Crippen LogP contribution in [0.2, 0.25) is 5.02 Å². The molecular weight excluding hydrogens is 417 g/mol. The van der Waals surface area contributed by atoms with Crippen molar-refractivity contribution in [2.75, 3.05) is 49.1 Å². The molecule has 0 spiro atoms. The zero-order valence-electron chi connectivity index (χ0n) is 17.2. The fourth-order valence-corrected chi connectivity index (χ4v) is 4.48. The predicted octanol–water partition coefficient (Wildman–Crippen LogP) is 2.97. The van der Waals surface area contributed by atoms with Crippen LogP contribution in [0.25, 0.3) is 11.1 Å². The minimum atomic E-state index is -1.10. The van der Waals surface area contributed by atoms with Crippen molar-refractivity contribution in [1.82, 2.24) is 10.6 Å². The van der Waals surface area contributed by atoms with Gasteiger partial charge in [0.2, 0.25) is 5.91 Å². The van der Waals surface area contributed by atoms with Gasteiger partial charge in [0.25, 0.3) is 0 Å². The molecule has 4 rings (SSSR count). The number of amides is 1. The Kier molecular flexibility index (Phi) is 6.59. The first-order chi connectivity index (χ1) is 15.1. The molecule has 2 aromatic rings. The maximum Gasteiger partial charge on any atom is 0.243 e. The highest BCUT2D eigenvalue weighted by Gasteiger charge is 2.37. The van der Waals surface area contributed by atoms with Gasteiger partial charge in [0.1, 0.15) is 18.8 Å². The molecule has 0 bridgehead atoms. The number of nitrogens with zero attached hydrogens (tertiary/aromatic N) is 3. The summed E-state index contributed by atoms with van der Waals surface area (Å²) in [6, 6.07) is 15.0. The number of carbonyl (C=O) groups is 1. The van der Waals surface area contributed by atoms with Crippen molar-refractivity contribution in [3.05, 3.63) is 47.5 Å². The lowest BCUT2D eigenvalue weighted by atomic mass is 10.0. The summed E-state index contributed by atoms with van der Waals surface area (Å²) >= 11 is 6.50. The van der Waals surface area contributed by atoms with Gasteiger partial charge in [0.05, 0.1) is 12.6 Å². The molecule has 2 aliphatic heterocycles. The van der Waals surface area contributed by atoms with Crippen molar-refractivity contribution < 1.29 is 9.18 Å². The fraction of sp³-hybridized carbons (Fsp3) is 0.391. The topological polar surface area (TPSA) is 71.4 Å². The Morgan fingerprint density at radius 1 is 1.19 bits per heavy atom. The molecule has 162 valence electrons. The lowest BCUT2D eigenvalue weighted by molar-refractivity contribution is -0.122. The van der Waals surface area contributed by atoms with Crippen LogP contribution in [-0.4, -0.2) is 57.4 Å². The molecule has 2 fully saturated rings. The van der Waals surface area contributed by atoms with Crippen LogP contribution in [0.15, 0.2) is 42.5 Å². The zero-order chi connectivity index (χ0) is 21.8. The van der Waals surface area contributed by atoms with Crippen molar-refractivity contribution in [2.45, 2.75) is 18.6 Å². The molecule has 0 radical (unpaired) electrons. The van der Waals surface area contributed by atoms with Gasteiger partial charge in [-0.25, -0.2) is 4.39 Å². The Morgan fingerprint density at radius 3 is 2.61 bits per heavy atom. The van der Waals surface area contributed by atoms with Crippen molar-refractivity contribution in [1.29, 1.82) is 5.26 Å². The van der Waals surface area contributed by atoms with Crippen LogP contribution in [-0.2, 0) is 4.79 Å². The summed E-state index contributed by atoms with van der Waals surface area (Å²) in [4.78, 5) is 16.5. The van der Waals surface area contributed by atoms with Gasteiger partial charge in [0, 0.05) is 54.6 Å². The summed E-state index contributed by atoms with van der Waals surface area (Å²) in [7, 11) is 0. The SMILES string of the molecule is N#CCNC(=O)[C@@H]1C[C@H](F)CN1c1ccc(Cl)c(-c2ccc(N3CCNCC3)cc2)c1. The van der Waals surface area contributed by atoms with E-state index in [4.69, 9.17) is 16.9 Å². The fourth-order valence-electron chi connectivity index (χ4n) is 4.25. The first kappa shape index (κ1) is 21.4. The Balaban J connectivity index is 1.58. The second-order valence-electron chi connectivity index (χ2n) is 7.83. The summed E-state index contributed by atoms with van der Waals surface area (Å²) in [5, 5.41) is 15.2. The summed E-state index contributed by atoms with van der Waals surface area (Å²) in [5.41, 5.74) is 3.71. The Morgan fingerprint density at radius 2 is 1.90 bits per heavy atom. The molecule has 2 aliphatic rings. The van der Waals surface area contributed by atoms with Gasteiger partial charge in [-0.2, -0.15) is 5.26 Å². The lowest BCUT2D eigenvalue weighted by Crippen LogP contribution is -2.43. The molecule has 2 atom stereocenters. The highest BCUT2D eigenvalue weighted by atomic mass is 35.5. The molecular formula is C23H25ClFN5O. The van der Waals surface area contributed by atoms with Gasteiger partial charge in [-0.05, 0) is 35.9 Å². The predicted molar refractivity (Wildman–Crippen MR) is 121 cm³/mol. The van der Waals surface area contributed by atoms with E-state index in [1.54, 1.807) is 11.0 Å². The maximum atomic E-state index is 14.2. The number of anilines is 2. The third-order valence-corrected chi connectivity index (χ3v) is 6.17. The number of hydrogen-bond donors (Lipinski definition) is 2. The number of piperazine rings is 1. The summed E-state index contributed by atoms with van der Waals surface area (Å²) in [6.45, 7) is 3.95. The van der Waals surface area contributed by atoms with E-state index >= 15 is 0 Å². The molecule has 0 aliphatic carbocycles. The van der Waals surface area contributed by atoms with E-state index in [9.17, 15) is 9.18 Å². The maximum absolute atomic E-state index is 14.2. The normalized spacial score (nSPS) is 21.1. The van der Waals surface area contributed by atoms with Gasteiger partial charge in [-0.1, -0.05) is 23.7 Å². The summed E-state index contributed by atoms with van der Waals surface area (Å²) < 4.78 is 14.2. The first-order valence-corrected chi connectivity index (χ1v) is 10.9. The van der Waals surface area contributed by atoms with Crippen molar-refractivity contribution in [3.63, 3.8) is 0 Å². The Labute approximate surface area is 186 Å². The van der Waals surface area contributed by atoms with E-state index in [0.717, 1.165) is 43.0 Å². The largest absolute Gasteiger partial charge is 0.369 e. The van der Waals surface area contributed by atoms with Crippen LogP contribution in [0.1, 0.15) is 6.42 Å². The third-order valence-electron chi connectivity index (χ3n) is 5.84. The van der Waals surface area contributed by atoms with E-state index in [0.29, 0.717) is 5.02 Å². The lowest BCUT2D eigenvalue weighted by Gasteiger charge is -2.29. The molecule has 0 saturated carbocycles. The van der Waals surface area contributed by atoms with Crippen molar-refractivity contribution in [2.24, 2.45) is 0 Å². The monoisotopic (exact) mass is 441 g/mol. The van der Waals surface area contributed by atoms with Crippen LogP contribution in [0.3, 0.4) is 0 Å². The molecule has 2 heterocycles. The minimum absolute atomic E-state index is 0.0918. The van der Waals surface area contributed by atoms with Crippen molar-refractivity contribution in [3.8, 4) is 17.2 Å². The van der Waals surface area contributed by atoms with Gasteiger partial charge in [-0.15, -0.1) is 0 Å². The number of benzene rings is 2. The molecule has 0 unspecified atom stereocenters. The number of rotatable bonds is 5. The van der Waals surface area contributed by atoms with E-state index < -0.39 is 12.2 Å². The van der Waals surface area contributed by atoms with Crippen LogP contribution in [0.4, 0.5) is 15.8 Å². The van der Waals surface area contributed by atoms with Gasteiger partial charge < -0.3 is 20.4 Å². The van der Waals surface area contributed by atoms with E-state index in [1.807, 2.05) is 30.3 Å². The molecule has 6 nitrogen and oxygen atoms in total. The van der Waals surface area contributed by atoms with Crippen LogP contribution in [0.5, 0.6) is 0 Å². The number of hydrogen-bond acceptors (Lipinski definition) is 5. The number of alkyl halides is 1. The Hall–Kier alpha value is -2.82. The number of nitrogens with one attached hydrogen (secondary N) is 2. The molecule has 2 saturated heterocycles. The number of carbonyl (C=O) groups excluding carboxylic acids is 1. The number of halogens is 2. The van der Waals surface area contributed by atoms with E-state index in [2.05, 4.69) is 27.7 Å².